The van der Waals surface area contributed by atoms with E-state index >= 15 is 0 Å². The minimum absolute atomic E-state index is 0.233. The molecule has 0 fully saturated rings. The Labute approximate surface area is 118 Å². The van der Waals surface area contributed by atoms with Crippen molar-refractivity contribution in [3.8, 4) is 0 Å². The van der Waals surface area contributed by atoms with Crippen LogP contribution in [0.4, 0.5) is 0 Å². The molecule has 0 aliphatic heterocycles. The zero-order valence-electron chi connectivity index (χ0n) is 12.2. The Balaban J connectivity index is 2.66. The third-order valence-corrected chi connectivity index (χ3v) is 2.80. The van der Waals surface area contributed by atoms with Gasteiger partial charge in [-0.15, -0.1) is 0 Å². The van der Waals surface area contributed by atoms with Crippen LogP contribution in [0.5, 0.6) is 0 Å². The molecule has 0 saturated carbocycles. The molecule has 0 radical (unpaired) electrons. The van der Waals surface area contributed by atoms with Gasteiger partial charge in [-0.1, -0.05) is 6.92 Å². The lowest BCUT2D eigenvalue weighted by Gasteiger charge is -2.19. The number of aromatic nitrogens is 2. The molecule has 0 spiro atoms. The van der Waals surface area contributed by atoms with E-state index in [4.69, 9.17) is 9.84 Å². The topological polar surface area (TPSA) is 87.8 Å². The maximum atomic E-state index is 11.2. The van der Waals surface area contributed by atoms with Gasteiger partial charge in [-0.05, 0) is 20.5 Å². The first-order chi connectivity index (χ1) is 9.45. The van der Waals surface area contributed by atoms with Crippen LogP contribution in [-0.4, -0.2) is 64.0 Å². The minimum Gasteiger partial charge on any atom is -0.479 e. The molecule has 0 aliphatic rings. The Kier molecular flexibility index (Phi) is 6.63. The second kappa shape index (κ2) is 7.98. The first-order valence-corrected chi connectivity index (χ1v) is 6.64. The van der Waals surface area contributed by atoms with Crippen LogP contribution >= 0.6 is 0 Å². The van der Waals surface area contributed by atoms with Gasteiger partial charge in [0, 0.05) is 19.3 Å². The van der Waals surface area contributed by atoms with E-state index in [-0.39, 0.29) is 6.61 Å². The number of aliphatic hydroxyl groups is 1. The average molecular weight is 285 g/mol. The molecule has 0 amide bonds. The van der Waals surface area contributed by atoms with Crippen molar-refractivity contribution in [2.75, 3.05) is 27.2 Å². The number of aliphatic hydroxyl groups excluding tert-OH is 1. The number of rotatable bonds is 9. The maximum Gasteiger partial charge on any atom is 0.335 e. The summed E-state index contributed by atoms with van der Waals surface area (Å²) in [5.41, 5.74) is 0.315. The average Bonchev–Trinajstić information content (AvgIpc) is 2.82. The van der Waals surface area contributed by atoms with Crippen LogP contribution in [0.15, 0.2) is 12.5 Å². The van der Waals surface area contributed by atoms with Gasteiger partial charge in [-0.2, -0.15) is 0 Å². The summed E-state index contributed by atoms with van der Waals surface area (Å²) in [5.74, 6) is -1.19. The summed E-state index contributed by atoms with van der Waals surface area (Å²) < 4.78 is 7.08. The Hall–Kier alpha value is -1.44. The molecule has 0 aliphatic carbocycles. The van der Waals surface area contributed by atoms with E-state index in [1.54, 1.807) is 12.5 Å². The monoisotopic (exact) mass is 285 g/mol. The number of carboxylic acid groups (broad SMARTS) is 1. The van der Waals surface area contributed by atoms with Crippen molar-refractivity contribution in [1.29, 1.82) is 0 Å². The second-order valence-electron chi connectivity index (χ2n) is 4.91. The summed E-state index contributed by atoms with van der Waals surface area (Å²) in [6, 6.07) is 0. The summed E-state index contributed by atoms with van der Waals surface area (Å²) in [5, 5.41) is 19.2. The maximum absolute atomic E-state index is 11.2. The van der Waals surface area contributed by atoms with Crippen molar-refractivity contribution in [2.45, 2.75) is 32.1 Å². The first kappa shape index (κ1) is 16.6. The molecule has 114 valence electrons. The number of carboxylic acids is 1. The smallest absolute Gasteiger partial charge is 0.335 e. The SMILES string of the molecule is CCCn1cnc(C(O)C(OCCN(C)C)C(=O)O)c1. The van der Waals surface area contributed by atoms with Gasteiger partial charge in [0.15, 0.2) is 6.10 Å². The molecule has 0 saturated heterocycles. The van der Waals surface area contributed by atoms with Gasteiger partial charge in [-0.3, -0.25) is 0 Å². The highest BCUT2D eigenvalue weighted by atomic mass is 16.5. The number of aryl methyl sites for hydroxylation is 1. The molecule has 0 aromatic carbocycles. The van der Waals surface area contributed by atoms with E-state index in [0.29, 0.717) is 12.2 Å². The Bertz CT molecular complexity index is 420. The predicted molar refractivity (Wildman–Crippen MR) is 73.4 cm³/mol. The number of ether oxygens (including phenoxy) is 1. The number of aliphatic carboxylic acids is 1. The fourth-order valence-corrected chi connectivity index (χ4v) is 1.73. The number of hydrogen-bond acceptors (Lipinski definition) is 5. The third-order valence-electron chi connectivity index (χ3n) is 2.80. The molecule has 7 nitrogen and oxygen atoms in total. The van der Waals surface area contributed by atoms with Crippen LogP contribution < -0.4 is 0 Å². The van der Waals surface area contributed by atoms with E-state index in [9.17, 15) is 9.90 Å². The molecule has 7 heteroatoms. The number of imidazole rings is 1. The van der Waals surface area contributed by atoms with Crippen LogP contribution in [0.25, 0.3) is 0 Å². The Morgan fingerprint density at radius 2 is 2.25 bits per heavy atom. The number of hydrogen-bond donors (Lipinski definition) is 2. The van der Waals surface area contributed by atoms with Crippen molar-refractivity contribution >= 4 is 5.97 Å². The van der Waals surface area contributed by atoms with E-state index in [0.717, 1.165) is 13.0 Å². The van der Waals surface area contributed by atoms with Gasteiger partial charge >= 0.3 is 5.97 Å². The van der Waals surface area contributed by atoms with Crippen LogP contribution in [0.2, 0.25) is 0 Å². The fraction of sp³-hybridized carbons (Fsp3) is 0.692. The van der Waals surface area contributed by atoms with Gasteiger partial charge in [0.1, 0.15) is 6.10 Å². The lowest BCUT2D eigenvalue weighted by molar-refractivity contribution is -0.159. The number of nitrogens with zero attached hydrogens (tertiary/aromatic N) is 3. The third kappa shape index (κ3) is 4.92. The van der Waals surface area contributed by atoms with Crippen molar-refractivity contribution in [1.82, 2.24) is 14.5 Å². The first-order valence-electron chi connectivity index (χ1n) is 6.64. The lowest BCUT2D eigenvalue weighted by atomic mass is 10.1. The summed E-state index contributed by atoms with van der Waals surface area (Å²) in [7, 11) is 3.73. The highest BCUT2D eigenvalue weighted by molar-refractivity contribution is 5.73. The molecule has 0 bridgehead atoms. The minimum atomic E-state index is -1.31. The van der Waals surface area contributed by atoms with E-state index < -0.39 is 18.2 Å². The van der Waals surface area contributed by atoms with Crippen LogP contribution in [-0.2, 0) is 16.1 Å². The van der Waals surface area contributed by atoms with Crippen molar-refractivity contribution in [3.63, 3.8) is 0 Å². The van der Waals surface area contributed by atoms with Crippen molar-refractivity contribution in [2.24, 2.45) is 0 Å². The van der Waals surface area contributed by atoms with E-state index in [1.807, 2.05) is 30.5 Å². The van der Waals surface area contributed by atoms with Gasteiger partial charge in [0.25, 0.3) is 0 Å². The molecule has 1 aromatic heterocycles. The quantitative estimate of drug-likeness (QED) is 0.681. The largest absolute Gasteiger partial charge is 0.479 e. The summed E-state index contributed by atoms with van der Waals surface area (Å²) in [6.45, 7) is 3.62. The Morgan fingerprint density at radius 1 is 1.55 bits per heavy atom. The predicted octanol–water partition coefficient (Wildman–Crippen LogP) is 0.358. The van der Waals surface area contributed by atoms with Crippen molar-refractivity contribution in [3.05, 3.63) is 18.2 Å². The molecule has 1 aromatic rings. The summed E-state index contributed by atoms with van der Waals surface area (Å²) in [6.07, 6.45) is 1.60. The molecule has 2 unspecified atom stereocenters. The van der Waals surface area contributed by atoms with E-state index in [1.165, 1.54) is 0 Å². The molecule has 1 heterocycles. The molecule has 1 rings (SSSR count). The second-order valence-corrected chi connectivity index (χ2v) is 4.91. The summed E-state index contributed by atoms with van der Waals surface area (Å²) >= 11 is 0. The fourth-order valence-electron chi connectivity index (χ4n) is 1.73. The molecular formula is C13H23N3O4. The lowest BCUT2D eigenvalue weighted by Crippen LogP contribution is -2.33. The standard InChI is InChI=1S/C13H23N3O4/c1-4-5-16-8-10(14-9-16)11(17)12(13(18)19)20-7-6-15(2)3/h8-9,11-12,17H,4-7H2,1-3H3,(H,18,19). The van der Waals surface area contributed by atoms with Gasteiger partial charge in [-0.25, -0.2) is 9.78 Å². The van der Waals surface area contributed by atoms with Crippen molar-refractivity contribution < 1.29 is 19.7 Å². The highest BCUT2D eigenvalue weighted by Gasteiger charge is 2.30. The molecule has 2 atom stereocenters. The number of carbonyl (C=O) groups is 1. The molecule has 2 N–H and O–H groups in total. The summed E-state index contributed by atoms with van der Waals surface area (Å²) in [4.78, 5) is 17.1. The normalized spacial score (nSPS) is 14.4. The van der Waals surface area contributed by atoms with Crippen LogP contribution in [0.1, 0.15) is 25.1 Å². The molecular weight excluding hydrogens is 262 g/mol. The van der Waals surface area contributed by atoms with Gasteiger partial charge in [0.05, 0.1) is 18.6 Å². The van der Waals surface area contributed by atoms with Gasteiger partial charge in [0.2, 0.25) is 0 Å². The zero-order valence-corrected chi connectivity index (χ0v) is 12.2. The zero-order chi connectivity index (χ0) is 15.1. The number of likely N-dealkylation sites (N-methyl/N-ethyl adjacent to an activating group) is 1. The van der Waals surface area contributed by atoms with Crippen LogP contribution in [0.3, 0.4) is 0 Å². The Morgan fingerprint density at radius 3 is 2.80 bits per heavy atom. The molecule has 20 heavy (non-hydrogen) atoms. The van der Waals surface area contributed by atoms with Crippen LogP contribution in [0, 0.1) is 0 Å². The highest BCUT2D eigenvalue weighted by Crippen LogP contribution is 2.18. The van der Waals surface area contributed by atoms with E-state index in [2.05, 4.69) is 4.98 Å². The van der Waals surface area contributed by atoms with Gasteiger partial charge < -0.3 is 24.4 Å².